The Labute approximate surface area is 175 Å². The van der Waals surface area contributed by atoms with Gasteiger partial charge in [-0.15, -0.1) is 5.10 Å². The third-order valence-electron chi connectivity index (χ3n) is 5.48. The number of aromatic nitrogens is 3. The number of fused-ring (bicyclic) bond motifs is 2. The molecule has 1 aromatic carbocycles. The number of hydrogen-bond acceptors (Lipinski definition) is 7. The summed E-state index contributed by atoms with van der Waals surface area (Å²) in [6.07, 6.45) is 1.18. The molecule has 2 aromatic heterocycles. The zero-order chi connectivity index (χ0) is 20.7. The number of hydrogen-bond donors (Lipinski definition) is 0. The molecule has 2 aliphatic heterocycles. The predicted octanol–water partition coefficient (Wildman–Crippen LogP) is 2.02. The lowest BCUT2D eigenvalue weighted by molar-refractivity contribution is 0.147. The van der Waals surface area contributed by atoms with Crippen LogP contribution in [0, 0.1) is 6.92 Å². The van der Waals surface area contributed by atoms with E-state index in [4.69, 9.17) is 4.74 Å². The van der Waals surface area contributed by atoms with Crippen molar-refractivity contribution in [3.63, 3.8) is 0 Å². The molecular weight excluding hydrogens is 402 g/mol. The van der Waals surface area contributed by atoms with E-state index in [9.17, 15) is 8.42 Å². The lowest BCUT2D eigenvalue weighted by atomic mass is 10.1. The van der Waals surface area contributed by atoms with Crippen molar-refractivity contribution in [3.8, 4) is 5.88 Å². The molecule has 2 atom stereocenters. The highest BCUT2D eigenvalue weighted by Crippen LogP contribution is 2.36. The van der Waals surface area contributed by atoms with Crippen LogP contribution in [-0.4, -0.2) is 53.1 Å². The second kappa shape index (κ2) is 7.33. The minimum atomic E-state index is -3.80. The Morgan fingerprint density at radius 3 is 2.63 bits per heavy atom. The van der Waals surface area contributed by atoms with Crippen LogP contribution in [0.25, 0.3) is 0 Å². The van der Waals surface area contributed by atoms with Crippen LogP contribution in [-0.2, 0) is 16.6 Å². The van der Waals surface area contributed by atoms with Crippen molar-refractivity contribution in [2.24, 2.45) is 0 Å². The lowest BCUT2D eigenvalue weighted by Gasteiger charge is -2.28. The van der Waals surface area contributed by atoms with E-state index >= 15 is 0 Å². The van der Waals surface area contributed by atoms with E-state index in [0.717, 1.165) is 11.3 Å². The molecule has 0 N–H and O–H groups in total. The molecule has 0 unspecified atom stereocenters. The molecule has 8 nitrogen and oxygen atoms in total. The minimum Gasteiger partial charge on any atom is -0.470 e. The van der Waals surface area contributed by atoms with Crippen LogP contribution in [0.15, 0.2) is 65.7 Å². The first-order valence-corrected chi connectivity index (χ1v) is 11.2. The Balaban J connectivity index is 1.56. The highest BCUT2D eigenvalue weighted by Gasteiger charge is 2.47. The maximum absolute atomic E-state index is 13.6. The van der Waals surface area contributed by atoms with Crippen molar-refractivity contribution in [2.45, 2.75) is 30.5 Å². The number of sulfonamides is 1. The predicted molar refractivity (Wildman–Crippen MR) is 111 cm³/mol. The van der Waals surface area contributed by atoms with E-state index in [1.54, 1.807) is 22.6 Å². The maximum atomic E-state index is 13.6. The molecule has 0 aliphatic carbocycles. The molecule has 0 radical (unpaired) electrons. The summed E-state index contributed by atoms with van der Waals surface area (Å²) in [6, 6.07) is 16.2. The van der Waals surface area contributed by atoms with Gasteiger partial charge in [-0.1, -0.05) is 30.3 Å². The largest absolute Gasteiger partial charge is 0.470 e. The third-order valence-corrected chi connectivity index (χ3v) is 7.37. The molecule has 2 aliphatic rings. The van der Waals surface area contributed by atoms with Crippen LogP contribution in [0.2, 0.25) is 0 Å². The van der Waals surface area contributed by atoms with Crippen LogP contribution in [0.4, 0.5) is 5.82 Å². The van der Waals surface area contributed by atoms with Gasteiger partial charge >= 0.3 is 0 Å². The first kappa shape index (κ1) is 19.0. The van der Waals surface area contributed by atoms with Crippen molar-refractivity contribution in [1.82, 2.24) is 19.5 Å². The normalized spacial score (nSPS) is 22.6. The maximum Gasteiger partial charge on any atom is 0.249 e. The summed E-state index contributed by atoms with van der Waals surface area (Å²) in [5.74, 6) is 0.857. The van der Waals surface area contributed by atoms with Crippen LogP contribution >= 0.6 is 0 Å². The molecule has 30 heavy (non-hydrogen) atoms. The Kier molecular flexibility index (Phi) is 4.63. The molecule has 0 bridgehead atoms. The van der Waals surface area contributed by atoms with Crippen LogP contribution in [0.1, 0.15) is 11.3 Å². The van der Waals surface area contributed by atoms with Gasteiger partial charge < -0.3 is 9.64 Å². The van der Waals surface area contributed by atoms with Crippen molar-refractivity contribution in [2.75, 3.05) is 18.0 Å². The van der Waals surface area contributed by atoms with Gasteiger partial charge in [0.25, 0.3) is 0 Å². The number of pyridine rings is 1. The average Bonchev–Trinajstić information content (AvgIpc) is 3.13. The minimum absolute atomic E-state index is 0.108. The fourth-order valence-corrected chi connectivity index (χ4v) is 5.67. The molecular formula is C21H21N5O3S. The van der Waals surface area contributed by atoms with Gasteiger partial charge in [0.15, 0.2) is 5.82 Å². The van der Waals surface area contributed by atoms with Crippen LogP contribution in [0.3, 0.4) is 0 Å². The number of nitrogens with zero attached hydrogens (tertiary/aromatic N) is 5. The van der Waals surface area contributed by atoms with Gasteiger partial charge in [-0.25, -0.2) is 13.4 Å². The van der Waals surface area contributed by atoms with E-state index in [0.29, 0.717) is 18.9 Å². The van der Waals surface area contributed by atoms with Gasteiger partial charge in [0, 0.05) is 19.3 Å². The summed E-state index contributed by atoms with van der Waals surface area (Å²) < 4.78 is 34.9. The van der Waals surface area contributed by atoms with Gasteiger partial charge in [-0.2, -0.15) is 9.40 Å². The van der Waals surface area contributed by atoms with E-state index in [1.165, 1.54) is 0 Å². The fourth-order valence-electron chi connectivity index (χ4n) is 3.97. The number of anilines is 1. The van der Waals surface area contributed by atoms with Crippen molar-refractivity contribution in [3.05, 3.63) is 72.1 Å². The standard InChI is InChI=1S/C21H21N5O3S/c1-15-9-10-20(24-23-15)25-13-17-18(14-25)29-21-19(8-5-11-22-21)30(27,28)26(17)12-16-6-3-2-4-7-16/h2-11,17-18H,12-14H2,1H3/t17-,18-/m1/s1. The monoisotopic (exact) mass is 423 g/mol. The Morgan fingerprint density at radius 2 is 1.87 bits per heavy atom. The van der Waals surface area contributed by atoms with Crippen molar-refractivity contribution in [1.29, 1.82) is 0 Å². The number of rotatable bonds is 3. The van der Waals surface area contributed by atoms with Gasteiger partial charge in [0.1, 0.15) is 11.0 Å². The van der Waals surface area contributed by atoms with E-state index in [-0.39, 0.29) is 29.5 Å². The van der Waals surface area contributed by atoms with Crippen LogP contribution < -0.4 is 9.64 Å². The SMILES string of the molecule is Cc1ccc(N2C[C@@H]3[C@@H](C2)Oc2ncccc2S(=O)(=O)N3Cc2ccccc2)nn1. The summed E-state index contributed by atoms with van der Waals surface area (Å²) in [5.41, 5.74) is 1.75. The summed E-state index contributed by atoms with van der Waals surface area (Å²) >= 11 is 0. The first-order chi connectivity index (χ1) is 14.5. The van der Waals surface area contributed by atoms with Crippen molar-refractivity contribution < 1.29 is 13.2 Å². The number of benzene rings is 1. The molecule has 9 heteroatoms. The topological polar surface area (TPSA) is 88.5 Å². The summed E-state index contributed by atoms with van der Waals surface area (Å²) in [6.45, 7) is 3.10. The van der Waals surface area contributed by atoms with Crippen molar-refractivity contribution >= 4 is 15.8 Å². The van der Waals surface area contributed by atoms with Gasteiger partial charge in [-0.3, -0.25) is 0 Å². The first-order valence-electron chi connectivity index (χ1n) is 9.75. The number of ether oxygens (including phenoxy) is 1. The molecule has 4 heterocycles. The molecule has 154 valence electrons. The summed E-state index contributed by atoms with van der Waals surface area (Å²) in [5, 5.41) is 8.40. The molecule has 1 fully saturated rings. The van der Waals surface area contributed by atoms with Crippen LogP contribution in [0.5, 0.6) is 5.88 Å². The van der Waals surface area contributed by atoms with Gasteiger partial charge in [0.2, 0.25) is 15.9 Å². The third kappa shape index (κ3) is 3.29. The quantitative estimate of drug-likeness (QED) is 0.637. The second-order valence-corrected chi connectivity index (χ2v) is 9.36. The van der Waals surface area contributed by atoms with Gasteiger partial charge in [-0.05, 0) is 36.8 Å². The van der Waals surface area contributed by atoms with Gasteiger partial charge in [0.05, 0.1) is 18.3 Å². The average molecular weight is 423 g/mol. The Bertz CT molecular complexity index is 1150. The molecule has 0 spiro atoms. The highest BCUT2D eigenvalue weighted by atomic mass is 32.2. The number of aryl methyl sites for hydroxylation is 1. The zero-order valence-corrected chi connectivity index (χ0v) is 17.2. The lowest BCUT2D eigenvalue weighted by Crippen LogP contribution is -2.46. The highest BCUT2D eigenvalue weighted by molar-refractivity contribution is 7.89. The fraction of sp³-hybridized carbons (Fsp3) is 0.286. The summed E-state index contributed by atoms with van der Waals surface area (Å²) in [4.78, 5) is 6.34. The second-order valence-electron chi connectivity index (χ2n) is 7.50. The Hall–Kier alpha value is -3.04. The molecule has 5 rings (SSSR count). The van der Waals surface area contributed by atoms with E-state index < -0.39 is 10.0 Å². The smallest absolute Gasteiger partial charge is 0.249 e. The molecule has 1 saturated heterocycles. The molecule has 0 amide bonds. The Morgan fingerprint density at radius 1 is 1.03 bits per heavy atom. The zero-order valence-electron chi connectivity index (χ0n) is 16.4. The summed E-state index contributed by atoms with van der Waals surface area (Å²) in [7, 11) is -3.80. The van der Waals surface area contributed by atoms with E-state index in [1.807, 2.05) is 54.3 Å². The van der Waals surface area contributed by atoms with E-state index in [2.05, 4.69) is 15.2 Å². The molecule has 3 aromatic rings. The molecule has 0 saturated carbocycles.